The molecule has 0 N–H and O–H groups in total. The highest BCUT2D eigenvalue weighted by atomic mass is 16.5. The first-order valence-corrected chi connectivity index (χ1v) is 4.17. The Morgan fingerprint density at radius 2 is 1.93 bits per heavy atom. The predicted molar refractivity (Wildman–Crippen MR) is 43.9 cm³/mol. The number of carboxylic acids is 2. The van der Waals surface area contributed by atoms with Crippen molar-refractivity contribution in [3.63, 3.8) is 0 Å². The minimum Gasteiger partial charge on any atom is -0.550 e. The van der Waals surface area contributed by atoms with Crippen LogP contribution in [0, 0.1) is 5.92 Å². The van der Waals surface area contributed by atoms with E-state index in [1.54, 1.807) is 0 Å². The fraction of sp³-hybridized carbons (Fsp3) is 0.444. The standard InChI is InChI=1S/C9H12O6/c1-2-8(12)15-4-3-6(9(13)14)5-7(10)11/h2,6H,1,3-5H2,(H,10,11)(H,13,14)/p-2. The number of carboxylic acid groups (broad SMARTS) is 2. The third-order valence-electron chi connectivity index (χ3n) is 1.62. The lowest BCUT2D eigenvalue weighted by Crippen LogP contribution is -2.36. The van der Waals surface area contributed by atoms with Gasteiger partial charge in [0.2, 0.25) is 0 Å². The molecule has 0 rings (SSSR count). The maximum Gasteiger partial charge on any atom is 0.330 e. The summed E-state index contributed by atoms with van der Waals surface area (Å²) in [5, 5.41) is 20.6. The molecule has 0 amide bonds. The van der Waals surface area contributed by atoms with Crippen LogP contribution in [-0.2, 0) is 19.1 Å². The molecule has 1 atom stereocenters. The van der Waals surface area contributed by atoms with E-state index < -0.39 is 30.2 Å². The number of esters is 1. The Hall–Kier alpha value is -1.85. The minimum absolute atomic E-state index is 0.129. The SMILES string of the molecule is C=CC(=O)OCCC(CC(=O)[O-])C(=O)[O-]. The molecule has 0 aliphatic heterocycles. The molecule has 0 saturated heterocycles. The zero-order chi connectivity index (χ0) is 11.8. The second-order valence-electron chi connectivity index (χ2n) is 2.75. The molecule has 0 bridgehead atoms. The fourth-order valence-electron chi connectivity index (χ4n) is 0.865. The Balaban J connectivity index is 3.96. The third-order valence-corrected chi connectivity index (χ3v) is 1.62. The van der Waals surface area contributed by atoms with Gasteiger partial charge in [0.25, 0.3) is 0 Å². The van der Waals surface area contributed by atoms with Crippen LogP contribution in [0.15, 0.2) is 12.7 Å². The van der Waals surface area contributed by atoms with E-state index in [9.17, 15) is 24.6 Å². The zero-order valence-electron chi connectivity index (χ0n) is 7.93. The summed E-state index contributed by atoms with van der Waals surface area (Å²) in [6, 6.07) is 0. The van der Waals surface area contributed by atoms with Gasteiger partial charge in [-0.1, -0.05) is 6.58 Å². The van der Waals surface area contributed by atoms with Crippen LogP contribution in [0.25, 0.3) is 0 Å². The van der Waals surface area contributed by atoms with E-state index in [1.165, 1.54) is 0 Å². The summed E-state index contributed by atoms with van der Waals surface area (Å²) in [6.07, 6.45) is 0.136. The number of hydrogen-bond acceptors (Lipinski definition) is 6. The van der Waals surface area contributed by atoms with Gasteiger partial charge in [-0.15, -0.1) is 0 Å². The van der Waals surface area contributed by atoms with E-state index >= 15 is 0 Å². The van der Waals surface area contributed by atoms with Crippen LogP contribution in [0.5, 0.6) is 0 Å². The van der Waals surface area contributed by atoms with E-state index in [0.717, 1.165) is 6.08 Å². The minimum atomic E-state index is -1.51. The van der Waals surface area contributed by atoms with Crippen molar-refractivity contribution in [2.45, 2.75) is 12.8 Å². The smallest absolute Gasteiger partial charge is 0.330 e. The summed E-state index contributed by atoms with van der Waals surface area (Å²) in [4.78, 5) is 31.1. The van der Waals surface area contributed by atoms with Crippen LogP contribution in [-0.4, -0.2) is 24.5 Å². The summed E-state index contributed by atoms with van der Waals surface area (Å²) >= 11 is 0. The van der Waals surface area contributed by atoms with Gasteiger partial charge in [-0.2, -0.15) is 0 Å². The molecule has 0 spiro atoms. The van der Waals surface area contributed by atoms with Gasteiger partial charge in [-0.25, -0.2) is 4.79 Å². The monoisotopic (exact) mass is 214 g/mol. The molecule has 0 aromatic carbocycles. The van der Waals surface area contributed by atoms with Crippen molar-refractivity contribution in [2.75, 3.05) is 6.61 Å². The molecule has 0 aromatic rings. The second kappa shape index (κ2) is 6.58. The lowest BCUT2D eigenvalue weighted by molar-refractivity contribution is -0.321. The third kappa shape index (κ3) is 6.25. The van der Waals surface area contributed by atoms with Crippen LogP contribution in [0.1, 0.15) is 12.8 Å². The number of aliphatic carboxylic acids is 2. The Morgan fingerprint density at radius 3 is 2.33 bits per heavy atom. The molecule has 0 fully saturated rings. The molecule has 0 aromatic heterocycles. The zero-order valence-corrected chi connectivity index (χ0v) is 7.93. The quantitative estimate of drug-likeness (QED) is 0.346. The predicted octanol–water partition coefficient (Wildman–Crippen LogP) is -2.39. The Morgan fingerprint density at radius 1 is 1.33 bits per heavy atom. The van der Waals surface area contributed by atoms with Crippen LogP contribution in [0.2, 0.25) is 0 Å². The topological polar surface area (TPSA) is 107 Å². The number of carbonyl (C=O) groups excluding carboxylic acids is 3. The second-order valence-corrected chi connectivity index (χ2v) is 2.75. The summed E-state index contributed by atoms with van der Waals surface area (Å²) in [6.45, 7) is 2.94. The summed E-state index contributed by atoms with van der Waals surface area (Å²) in [7, 11) is 0. The average molecular weight is 214 g/mol. The highest BCUT2D eigenvalue weighted by Crippen LogP contribution is 2.07. The maximum atomic E-state index is 10.6. The summed E-state index contributed by atoms with van der Waals surface area (Å²) in [5.41, 5.74) is 0. The van der Waals surface area contributed by atoms with Gasteiger partial charge in [0.05, 0.1) is 6.61 Å². The van der Waals surface area contributed by atoms with E-state index in [1.807, 2.05) is 0 Å². The lowest BCUT2D eigenvalue weighted by Gasteiger charge is -2.17. The van der Waals surface area contributed by atoms with Crippen LogP contribution < -0.4 is 10.2 Å². The molecule has 15 heavy (non-hydrogen) atoms. The van der Waals surface area contributed by atoms with Gasteiger partial charge in [0, 0.05) is 23.9 Å². The van der Waals surface area contributed by atoms with Gasteiger partial charge in [0.1, 0.15) is 0 Å². The van der Waals surface area contributed by atoms with Crippen molar-refractivity contribution in [1.29, 1.82) is 0 Å². The first-order valence-electron chi connectivity index (χ1n) is 4.17. The summed E-state index contributed by atoms with van der Waals surface area (Å²) in [5.74, 6) is -4.90. The first kappa shape index (κ1) is 13.2. The molecular formula is C9H10O6-2. The van der Waals surface area contributed by atoms with Gasteiger partial charge >= 0.3 is 5.97 Å². The van der Waals surface area contributed by atoms with E-state index in [-0.39, 0.29) is 13.0 Å². The largest absolute Gasteiger partial charge is 0.550 e. The molecule has 6 nitrogen and oxygen atoms in total. The van der Waals surface area contributed by atoms with Crippen molar-refractivity contribution < 1.29 is 29.3 Å². The van der Waals surface area contributed by atoms with Gasteiger partial charge in [0.15, 0.2) is 0 Å². The van der Waals surface area contributed by atoms with Crippen molar-refractivity contribution in [3.8, 4) is 0 Å². The van der Waals surface area contributed by atoms with Crippen LogP contribution in [0.4, 0.5) is 0 Å². The Bertz CT molecular complexity index is 270. The Labute approximate surface area is 86.2 Å². The van der Waals surface area contributed by atoms with E-state index in [4.69, 9.17) is 0 Å². The van der Waals surface area contributed by atoms with Gasteiger partial charge in [-0.05, 0) is 12.8 Å². The molecule has 0 aliphatic rings. The molecule has 0 radical (unpaired) electrons. The highest BCUT2D eigenvalue weighted by molar-refractivity contribution is 5.81. The maximum absolute atomic E-state index is 10.6. The van der Waals surface area contributed by atoms with Crippen LogP contribution in [0.3, 0.4) is 0 Å². The van der Waals surface area contributed by atoms with E-state index in [2.05, 4.69) is 11.3 Å². The lowest BCUT2D eigenvalue weighted by atomic mass is 10.0. The number of ether oxygens (including phenoxy) is 1. The molecule has 0 aliphatic carbocycles. The van der Waals surface area contributed by atoms with Crippen molar-refractivity contribution in [3.05, 3.63) is 12.7 Å². The normalized spacial score (nSPS) is 11.5. The van der Waals surface area contributed by atoms with Gasteiger partial charge < -0.3 is 24.5 Å². The first-order chi connectivity index (χ1) is 6.97. The molecule has 6 heteroatoms. The van der Waals surface area contributed by atoms with Crippen LogP contribution >= 0.6 is 0 Å². The van der Waals surface area contributed by atoms with Gasteiger partial charge in [-0.3, -0.25) is 0 Å². The molecular weight excluding hydrogens is 204 g/mol. The Kier molecular flexibility index (Phi) is 5.77. The molecule has 84 valence electrons. The van der Waals surface area contributed by atoms with Crippen molar-refractivity contribution >= 4 is 17.9 Å². The van der Waals surface area contributed by atoms with Crippen molar-refractivity contribution in [1.82, 2.24) is 0 Å². The number of carbonyl (C=O) groups is 3. The average Bonchev–Trinajstić information content (AvgIpc) is 2.15. The molecule has 0 saturated carbocycles. The number of rotatable bonds is 7. The molecule has 0 heterocycles. The molecule has 1 unspecified atom stereocenters. The fourth-order valence-corrected chi connectivity index (χ4v) is 0.865. The highest BCUT2D eigenvalue weighted by Gasteiger charge is 2.11. The van der Waals surface area contributed by atoms with Crippen molar-refractivity contribution in [2.24, 2.45) is 5.92 Å². The summed E-state index contributed by atoms with van der Waals surface area (Å²) < 4.78 is 4.49. The van der Waals surface area contributed by atoms with E-state index in [0.29, 0.717) is 0 Å². The number of hydrogen-bond donors (Lipinski definition) is 0.